The van der Waals surface area contributed by atoms with Crippen molar-refractivity contribution in [1.29, 1.82) is 0 Å². The largest absolute Gasteiger partial charge is 0.339 e. The van der Waals surface area contributed by atoms with Crippen LogP contribution in [0.4, 0.5) is 4.39 Å². The molecule has 4 rings (SSSR count). The van der Waals surface area contributed by atoms with Crippen LogP contribution in [0.1, 0.15) is 34.5 Å². The second kappa shape index (κ2) is 6.72. The average Bonchev–Trinajstić information content (AvgIpc) is 3.34. The topological polar surface area (TPSA) is 72.1 Å². The highest BCUT2D eigenvalue weighted by Crippen LogP contribution is 2.28. The second-order valence-corrected chi connectivity index (χ2v) is 6.79. The monoisotopic (exact) mass is 358 g/mol. The minimum atomic E-state index is -0.309. The Hall–Kier alpha value is -2.61. The Bertz CT molecular complexity index is 863. The smallest absolute Gasteiger partial charge is 0.282 e. The standard InChI is InChI=1S/C17H15FN4O2S/c18-13-5-3-11(4-6-13)14-20-15(24-21-14)12-2-1-8-22(10-12)17(23)16-19-7-9-25-16/h3-7,9,12H,1-2,8,10H2/t12-/m0/s1. The lowest BCUT2D eigenvalue weighted by Crippen LogP contribution is -2.39. The van der Waals surface area contributed by atoms with Crippen LogP contribution in [0.15, 0.2) is 40.4 Å². The van der Waals surface area contributed by atoms with E-state index in [1.807, 2.05) is 0 Å². The van der Waals surface area contributed by atoms with Crippen LogP contribution in [-0.2, 0) is 0 Å². The zero-order valence-electron chi connectivity index (χ0n) is 13.3. The van der Waals surface area contributed by atoms with Crippen molar-refractivity contribution in [3.8, 4) is 11.4 Å². The Morgan fingerprint density at radius 1 is 1.32 bits per heavy atom. The molecule has 2 aromatic heterocycles. The van der Waals surface area contributed by atoms with Gasteiger partial charge in [-0.05, 0) is 37.1 Å². The maximum absolute atomic E-state index is 13.0. The highest BCUT2D eigenvalue weighted by atomic mass is 32.1. The van der Waals surface area contributed by atoms with Crippen molar-refractivity contribution < 1.29 is 13.7 Å². The Balaban J connectivity index is 1.50. The van der Waals surface area contributed by atoms with Gasteiger partial charge in [0.1, 0.15) is 5.82 Å². The van der Waals surface area contributed by atoms with Crippen molar-refractivity contribution in [1.82, 2.24) is 20.0 Å². The summed E-state index contributed by atoms with van der Waals surface area (Å²) in [5, 5.41) is 6.28. The van der Waals surface area contributed by atoms with Crippen molar-refractivity contribution in [2.75, 3.05) is 13.1 Å². The van der Waals surface area contributed by atoms with Gasteiger partial charge in [0.15, 0.2) is 5.01 Å². The molecule has 3 heterocycles. The molecule has 8 heteroatoms. The minimum Gasteiger partial charge on any atom is -0.339 e. The predicted octanol–water partition coefficient (Wildman–Crippen LogP) is 3.35. The SMILES string of the molecule is O=C(c1nccs1)N1CCC[C@H](c2nc(-c3ccc(F)cc3)no2)C1. The van der Waals surface area contributed by atoms with E-state index >= 15 is 0 Å². The summed E-state index contributed by atoms with van der Waals surface area (Å²) in [4.78, 5) is 22.8. The number of carbonyl (C=O) groups excluding carboxylic acids is 1. The van der Waals surface area contributed by atoms with Gasteiger partial charge in [0.05, 0.1) is 5.92 Å². The van der Waals surface area contributed by atoms with Crippen LogP contribution in [0.3, 0.4) is 0 Å². The maximum Gasteiger partial charge on any atom is 0.282 e. The summed E-state index contributed by atoms with van der Waals surface area (Å²) in [6, 6.07) is 5.95. The molecule has 0 radical (unpaired) electrons. The van der Waals surface area contributed by atoms with E-state index in [9.17, 15) is 9.18 Å². The lowest BCUT2D eigenvalue weighted by atomic mass is 9.98. The van der Waals surface area contributed by atoms with Crippen molar-refractivity contribution in [2.45, 2.75) is 18.8 Å². The van der Waals surface area contributed by atoms with Crippen molar-refractivity contribution in [3.05, 3.63) is 52.6 Å². The van der Waals surface area contributed by atoms with Crippen LogP contribution in [0.25, 0.3) is 11.4 Å². The third kappa shape index (κ3) is 3.30. The van der Waals surface area contributed by atoms with Crippen LogP contribution in [0.2, 0.25) is 0 Å². The minimum absolute atomic E-state index is 0.000592. The lowest BCUT2D eigenvalue weighted by Gasteiger charge is -2.30. The summed E-state index contributed by atoms with van der Waals surface area (Å²) in [7, 11) is 0. The van der Waals surface area contributed by atoms with Gasteiger partial charge in [-0.15, -0.1) is 11.3 Å². The molecule has 1 atom stereocenters. The van der Waals surface area contributed by atoms with Crippen LogP contribution in [0, 0.1) is 5.82 Å². The van der Waals surface area contributed by atoms with Crippen molar-refractivity contribution >= 4 is 17.2 Å². The number of halogens is 1. The van der Waals surface area contributed by atoms with Gasteiger partial charge in [-0.3, -0.25) is 4.79 Å². The Labute approximate surface area is 147 Å². The normalized spacial score (nSPS) is 17.6. The van der Waals surface area contributed by atoms with E-state index in [-0.39, 0.29) is 17.6 Å². The molecule has 1 fully saturated rings. The van der Waals surface area contributed by atoms with Crippen molar-refractivity contribution in [2.24, 2.45) is 0 Å². The Kier molecular flexibility index (Phi) is 4.27. The maximum atomic E-state index is 13.0. The number of nitrogens with zero attached hydrogens (tertiary/aromatic N) is 4. The number of likely N-dealkylation sites (tertiary alicyclic amines) is 1. The van der Waals surface area contributed by atoms with Crippen LogP contribution in [0.5, 0.6) is 0 Å². The number of rotatable bonds is 3. The van der Waals surface area contributed by atoms with Gasteiger partial charge in [-0.25, -0.2) is 9.37 Å². The van der Waals surface area contributed by atoms with Crippen LogP contribution in [-0.4, -0.2) is 39.0 Å². The van der Waals surface area contributed by atoms with Gasteiger partial charge >= 0.3 is 0 Å². The highest BCUT2D eigenvalue weighted by Gasteiger charge is 2.30. The van der Waals surface area contributed by atoms with Gasteiger partial charge in [-0.1, -0.05) is 5.16 Å². The molecule has 3 aromatic rings. The molecular formula is C17H15FN4O2S. The molecule has 1 saturated heterocycles. The van der Waals surface area contributed by atoms with E-state index in [0.29, 0.717) is 35.4 Å². The molecule has 128 valence electrons. The summed E-state index contributed by atoms with van der Waals surface area (Å²) in [5.41, 5.74) is 0.697. The molecule has 0 unspecified atom stereocenters. The fourth-order valence-corrected chi connectivity index (χ4v) is 3.55. The molecule has 0 saturated carbocycles. The first-order valence-electron chi connectivity index (χ1n) is 7.99. The molecule has 1 amide bonds. The first kappa shape index (κ1) is 15.9. The summed E-state index contributed by atoms with van der Waals surface area (Å²) in [5.74, 6) is 0.572. The number of carbonyl (C=O) groups is 1. The molecule has 25 heavy (non-hydrogen) atoms. The second-order valence-electron chi connectivity index (χ2n) is 5.89. The Morgan fingerprint density at radius 2 is 2.16 bits per heavy atom. The van der Waals surface area contributed by atoms with E-state index < -0.39 is 0 Å². The number of amides is 1. The molecule has 1 aliphatic heterocycles. The number of hydrogen-bond donors (Lipinski definition) is 0. The molecule has 0 spiro atoms. The molecule has 6 nitrogen and oxygen atoms in total. The van der Waals surface area contributed by atoms with Gasteiger partial charge in [0, 0.05) is 30.2 Å². The summed E-state index contributed by atoms with van der Waals surface area (Å²) < 4.78 is 18.4. The van der Waals surface area contributed by atoms with E-state index in [1.54, 1.807) is 28.6 Å². The van der Waals surface area contributed by atoms with E-state index in [0.717, 1.165) is 12.8 Å². The average molecular weight is 358 g/mol. The van der Waals surface area contributed by atoms with Crippen LogP contribution >= 0.6 is 11.3 Å². The third-order valence-electron chi connectivity index (χ3n) is 4.22. The van der Waals surface area contributed by atoms with Gasteiger partial charge in [0.25, 0.3) is 5.91 Å². The van der Waals surface area contributed by atoms with E-state index in [4.69, 9.17) is 4.52 Å². The van der Waals surface area contributed by atoms with E-state index in [2.05, 4.69) is 15.1 Å². The molecule has 1 aliphatic rings. The van der Waals surface area contributed by atoms with E-state index in [1.165, 1.54) is 23.5 Å². The first-order valence-corrected chi connectivity index (χ1v) is 8.87. The number of aromatic nitrogens is 3. The number of hydrogen-bond acceptors (Lipinski definition) is 6. The lowest BCUT2D eigenvalue weighted by molar-refractivity contribution is 0.0695. The summed E-state index contributed by atoms with van der Waals surface area (Å²) in [6.45, 7) is 1.23. The van der Waals surface area contributed by atoms with Crippen LogP contribution < -0.4 is 0 Å². The zero-order valence-corrected chi connectivity index (χ0v) is 14.1. The zero-order chi connectivity index (χ0) is 17.2. The van der Waals surface area contributed by atoms with Gasteiger partial charge in [0.2, 0.25) is 11.7 Å². The fraction of sp³-hybridized carbons (Fsp3) is 0.294. The third-order valence-corrected chi connectivity index (χ3v) is 4.98. The molecule has 1 aromatic carbocycles. The first-order chi connectivity index (χ1) is 12.2. The quantitative estimate of drug-likeness (QED) is 0.718. The van der Waals surface area contributed by atoms with Gasteiger partial charge < -0.3 is 9.42 Å². The number of benzene rings is 1. The Morgan fingerprint density at radius 3 is 2.92 bits per heavy atom. The fourth-order valence-electron chi connectivity index (χ4n) is 2.94. The summed E-state index contributed by atoms with van der Waals surface area (Å²) in [6.07, 6.45) is 3.38. The van der Waals surface area contributed by atoms with Gasteiger partial charge in [-0.2, -0.15) is 4.98 Å². The number of thiazole rings is 1. The summed E-state index contributed by atoms with van der Waals surface area (Å²) >= 11 is 1.34. The van der Waals surface area contributed by atoms with Crippen molar-refractivity contribution in [3.63, 3.8) is 0 Å². The molecule has 0 aliphatic carbocycles. The molecule has 0 N–H and O–H groups in total. The predicted molar refractivity (Wildman–Crippen MR) is 89.7 cm³/mol. The molecular weight excluding hydrogens is 343 g/mol. The number of piperidine rings is 1. The molecule has 0 bridgehead atoms. The highest BCUT2D eigenvalue weighted by molar-refractivity contribution is 7.11.